The number of piperidine rings is 1. The van der Waals surface area contributed by atoms with Gasteiger partial charge in [-0.05, 0) is 12.3 Å². The van der Waals surface area contributed by atoms with Crippen LogP contribution in [-0.2, 0) is 4.74 Å². The molecule has 78 valence electrons. The summed E-state index contributed by atoms with van der Waals surface area (Å²) in [5.41, 5.74) is -0.523. The van der Waals surface area contributed by atoms with E-state index < -0.39 is 11.7 Å². The van der Waals surface area contributed by atoms with E-state index in [1.54, 1.807) is 0 Å². The first-order valence-electron chi connectivity index (χ1n) is 5.06. The lowest BCUT2D eigenvalue weighted by molar-refractivity contribution is -0.125. The summed E-state index contributed by atoms with van der Waals surface area (Å²) < 4.78 is 18.5. The average Bonchev–Trinajstić information content (AvgIpc) is 2.10. The average molecular weight is 198 g/mol. The maximum absolute atomic E-state index is 13.5. The molecule has 2 fully saturated rings. The van der Waals surface area contributed by atoms with E-state index in [9.17, 15) is 4.39 Å². The minimum absolute atomic E-state index is 0.128. The molecule has 2 rings (SSSR count). The fourth-order valence-corrected chi connectivity index (χ4v) is 2.02. The lowest BCUT2D eigenvalue weighted by atomic mass is 9.90. The zero-order chi connectivity index (χ0) is 10.2. The van der Waals surface area contributed by atoms with Crippen molar-refractivity contribution in [3.63, 3.8) is 0 Å². The normalized spacial score (nSPS) is 37.2. The van der Waals surface area contributed by atoms with E-state index in [0.717, 1.165) is 13.0 Å². The van der Waals surface area contributed by atoms with E-state index in [0.29, 0.717) is 19.8 Å². The van der Waals surface area contributed by atoms with Crippen LogP contribution in [0.2, 0.25) is 0 Å². The number of ether oxygens (including phenoxy) is 1. The Morgan fingerprint density at radius 2 is 2.29 bits per heavy atom. The molecule has 3 nitrogen and oxygen atoms in total. The van der Waals surface area contributed by atoms with Gasteiger partial charge in [0, 0.05) is 13.1 Å². The molecule has 0 aromatic rings. The van der Waals surface area contributed by atoms with Crippen LogP contribution in [0.15, 0.2) is 0 Å². The molecule has 0 radical (unpaired) electrons. The van der Waals surface area contributed by atoms with Gasteiger partial charge in [-0.15, -0.1) is 0 Å². The monoisotopic (exact) mass is 198 g/mol. The summed E-state index contributed by atoms with van der Waals surface area (Å²) in [7, 11) is 0. The third kappa shape index (κ3) is 1.41. The number of alkyl halides is 1. The third-order valence-corrected chi connectivity index (χ3v) is 3.36. The standard InChI is InChI=1S/C10H15FN2O/c1-8-2-3-13(4-9(8)11)10(5-12)6-14-7-10/h8-9H,2-4,6-7H2,1H3. The van der Waals surface area contributed by atoms with E-state index in [1.807, 2.05) is 11.8 Å². The number of hydrogen-bond donors (Lipinski definition) is 0. The molecule has 0 aromatic carbocycles. The first-order chi connectivity index (χ1) is 6.68. The molecule has 2 aliphatic heterocycles. The molecule has 2 atom stereocenters. The van der Waals surface area contributed by atoms with Crippen LogP contribution >= 0.6 is 0 Å². The molecule has 0 N–H and O–H groups in total. The molecule has 2 aliphatic rings. The Morgan fingerprint density at radius 3 is 2.71 bits per heavy atom. The largest absolute Gasteiger partial charge is 0.375 e. The Hall–Kier alpha value is -0.660. The van der Waals surface area contributed by atoms with Crippen LogP contribution in [0.3, 0.4) is 0 Å². The molecule has 2 heterocycles. The lowest BCUT2D eigenvalue weighted by Crippen LogP contribution is -2.64. The highest BCUT2D eigenvalue weighted by atomic mass is 19.1. The fraction of sp³-hybridized carbons (Fsp3) is 0.900. The maximum atomic E-state index is 13.5. The highest BCUT2D eigenvalue weighted by Gasteiger charge is 2.47. The second-order valence-corrected chi connectivity index (χ2v) is 4.36. The maximum Gasteiger partial charge on any atom is 0.156 e. The van der Waals surface area contributed by atoms with Gasteiger partial charge in [-0.25, -0.2) is 4.39 Å². The zero-order valence-electron chi connectivity index (χ0n) is 8.37. The van der Waals surface area contributed by atoms with Gasteiger partial charge in [-0.3, -0.25) is 4.90 Å². The van der Waals surface area contributed by atoms with Crippen LogP contribution in [0.25, 0.3) is 0 Å². The minimum atomic E-state index is -0.797. The van der Waals surface area contributed by atoms with E-state index in [4.69, 9.17) is 10.00 Å². The molecular formula is C10H15FN2O. The summed E-state index contributed by atoms with van der Waals surface area (Å²) in [5, 5.41) is 9.05. The summed E-state index contributed by atoms with van der Waals surface area (Å²) in [6, 6.07) is 2.25. The van der Waals surface area contributed by atoms with E-state index >= 15 is 0 Å². The van der Waals surface area contributed by atoms with E-state index in [2.05, 4.69) is 6.07 Å². The van der Waals surface area contributed by atoms with Crippen molar-refractivity contribution in [1.82, 2.24) is 4.90 Å². The Bertz CT molecular complexity index is 259. The van der Waals surface area contributed by atoms with E-state index in [1.165, 1.54) is 0 Å². The molecule has 0 aliphatic carbocycles. The van der Waals surface area contributed by atoms with Crippen LogP contribution in [0.1, 0.15) is 13.3 Å². The molecule has 4 heteroatoms. The van der Waals surface area contributed by atoms with Gasteiger partial charge in [0.05, 0.1) is 19.3 Å². The molecular weight excluding hydrogens is 183 g/mol. The van der Waals surface area contributed by atoms with Crippen molar-refractivity contribution in [3.8, 4) is 6.07 Å². The van der Waals surface area contributed by atoms with Crippen molar-refractivity contribution in [1.29, 1.82) is 5.26 Å². The van der Waals surface area contributed by atoms with Crippen LogP contribution in [0, 0.1) is 17.2 Å². The lowest BCUT2D eigenvalue weighted by Gasteiger charge is -2.47. The first-order valence-corrected chi connectivity index (χ1v) is 5.06. The smallest absolute Gasteiger partial charge is 0.156 e. The summed E-state index contributed by atoms with van der Waals surface area (Å²) in [5.74, 6) is 0.128. The van der Waals surface area contributed by atoms with Gasteiger partial charge in [-0.2, -0.15) is 5.26 Å². The van der Waals surface area contributed by atoms with Gasteiger partial charge in [0.1, 0.15) is 6.17 Å². The van der Waals surface area contributed by atoms with Crippen LogP contribution in [-0.4, -0.2) is 42.9 Å². The minimum Gasteiger partial charge on any atom is -0.375 e. The highest BCUT2D eigenvalue weighted by Crippen LogP contribution is 2.30. The number of rotatable bonds is 1. The number of halogens is 1. The Morgan fingerprint density at radius 1 is 1.57 bits per heavy atom. The number of nitriles is 1. The van der Waals surface area contributed by atoms with E-state index in [-0.39, 0.29) is 5.92 Å². The summed E-state index contributed by atoms with van der Waals surface area (Å²) in [4.78, 5) is 1.95. The van der Waals surface area contributed by atoms with Crippen molar-refractivity contribution in [2.45, 2.75) is 25.1 Å². The van der Waals surface area contributed by atoms with Crippen molar-refractivity contribution >= 4 is 0 Å². The Labute approximate surface area is 83.4 Å². The predicted octanol–water partition coefficient (Wildman–Crippen LogP) is 0.959. The van der Waals surface area contributed by atoms with Gasteiger partial charge in [0.25, 0.3) is 0 Å². The van der Waals surface area contributed by atoms with Crippen LogP contribution in [0.4, 0.5) is 4.39 Å². The molecule has 0 amide bonds. The first kappa shape index (κ1) is 9.88. The predicted molar refractivity (Wildman–Crippen MR) is 49.4 cm³/mol. The van der Waals surface area contributed by atoms with Crippen LogP contribution in [0.5, 0.6) is 0 Å². The van der Waals surface area contributed by atoms with Crippen molar-refractivity contribution < 1.29 is 9.13 Å². The molecule has 0 aromatic heterocycles. The SMILES string of the molecule is CC1CCN(C2(C#N)COC2)CC1F. The quantitative estimate of drug-likeness (QED) is 0.629. The molecule has 0 bridgehead atoms. The highest BCUT2D eigenvalue weighted by molar-refractivity contribution is 5.14. The molecule has 2 saturated heterocycles. The fourth-order valence-electron chi connectivity index (χ4n) is 2.02. The molecule has 0 spiro atoms. The summed E-state index contributed by atoms with van der Waals surface area (Å²) >= 11 is 0. The van der Waals surface area contributed by atoms with Gasteiger partial charge in [0.2, 0.25) is 0 Å². The Kier molecular flexibility index (Phi) is 2.46. The van der Waals surface area contributed by atoms with Crippen molar-refractivity contribution in [2.24, 2.45) is 5.92 Å². The Balaban J connectivity index is 2.02. The van der Waals surface area contributed by atoms with Crippen molar-refractivity contribution in [2.75, 3.05) is 26.3 Å². The number of nitrogens with zero attached hydrogens (tertiary/aromatic N) is 2. The summed E-state index contributed by atoms with van der Waals surface area (Å²) in [6.45, 7) is 4.00. The van der Waals surface area contributed by atoms with Gasteiger partial charge in [0.15, 0.2) is 5.54 Å². The van der Waals surface area contributed by atoms with Gasteiger partial charge in [-0.1, -0.05) is 6.92 Å². The molecule has 14 heavy (non-hydrogen) atoms. The van der Waals surface area contributed by atoms with Gasteiger partial charge < -0.3 is 4.74 Å². The topological polar surface area (TPSA) is 36.3 Å². The second-order valence-electron chi connectivity index (χ2n) is 4.36. The van der Waals surface area contributed by atoms with Gasteiger partial charge >= 0.3 is 0 Å². The number of likely N-dealkylation sites (tertiary alicyclic amines) is 1. The second kappa shape index (κ2) is 3.48. The summed E-state index contributed by atoms with van der Waals surface area (Å²) in [6.07, 6.45) is 0.0412. The third-order valence-electron chi connectivity index (χ3n) is 3.36. The van der Waals surface area contributed by atoms with Crippen molar-refractivity contribution in [3.05, 3.63) is 0 Å². The molecule has 2 unspecified atom stereocenters. The zero-order valence-corrected chi connectivity index (χ0v) is 8.37. The number of hydrogen-bond acceptors (Lipinski definition) is 3. The van der Waals surface area contributed by atoms with Crippen LogP contribution < -0.4 is 0 Å². The molecule has 0 saturated carbocycles.